The molecule has 7 heteroatoms. The molecule has 20 heavy (non-hydrogen) atoms. The molecule has 0 N–H and O–H groups in total. The number of ether oxygens (including phenoxy) is 2. The van der Waals surface area contributed by atoms with Gasteiger partial charge in [0.05, 0.1) is 30.4 Å². The molecule has 0 radical (unpaired) electrons. The lowest BCUT2D eigenvalue weighted by Gasteiger charge is -2.32. The fraction of sp³-hybridized carbons (Fsp3) is 0.692. The van der Waals surface area contributed by atoms with Gasteiger partial charge in [-0.25, -0.2) is 4.98 Å². The first kappa shape index (κ1) is 15.1. The number of hydrogen-bond acceptors (Lipinski definition) is 6. The Morgan fingerprint density at radius 3 is 2.30 bits per heavy atom. The summed E-state index contributed by atoms with van der Waals surface area (Å²) in [7, 11) is 0.965. The highest BCUT2D eigenvalue weighted by Gasteiger charge is 2.53. The van der Waals surface area contributed by atoms with E-state index in [1.165, 1.54) is 7.11 Å². The predicted octanol–water partition coefficient (Wildman–Crippen LogP) is 1.18. The third-order valence-corrected chi connectivity index (χ3v) is 3.73. The lowest BCUT2D eigenvalue weighted by atomic mass is 9.81. The van der Waals surface area contributed by atoms with Gasteiger partial charge in [-0.2, -0.15) is 4.98 Å². The largest absolute Gasteiger partial charge is 0.502 e. The summed E-state index contributed by atoms with van der Waals surface area (Å²) >= 11 is 0. The standard InChI is InChI=1S/C13H21BN2O4/c1-7-18-10-9(8-15-11(16-10)17-6)14-19-12(2,3)13(4,5)20-14/h8H,7H2,1-6H3. The molecule has 1 aliphatic heterocycles. The Kier molecular flexibility index (Phi) is 3.93. The van der Waals surface area contributed by atoms with E-state index in [1.54, 1.807) is 6.20 Å². The molecule has 2 rings (SSSR count). The minimum Gasteiger partial charge on any atom is -0.478 e. The van der Waals surface area contributed by atoms with E-state index in [-0.39, 0.29) is 6.01 Å². The molecule has 0 unspecified atom stereocenters. The van der Waals surface area contributed by atoms with Gasteiger partial charge in [0.2, 0.25) is 5.88 Å². The zero-order valence-corrected chi connectivity index (χ0v) is 12.9. The molecule has 1 fully saturated rings. The first-order valence-corrected chi connectivity index (χ1v) is 6.70. The smallest absolute Gasteiger partial charge is 0.478 e. The summed E-state index contributed by atoms with van der Waals surface area (Å²) in [4.78, 5) is 8.31. The maximum Gasteiger partial charge on any atom is 0.502 e. The number of aromatic nitrogens is 2. The third-order valence-electron chi connectivity index (χ3n) is 3.73. The van der Waals surface area contributed by atoms with Crippen molar-refractivity contribution in [1.29, 1.82) is 0 Å². The number of hydrogen-bond donors (Lipinski definition) is 0. The Morgan fingerprint density at radius 1 is 1.20 bits per heavy atom. The van der Waals surface area contributed by atoms with Gasteiger partial charge in [-0.15, -0.1) is 0 Å². The van der Waals surface area contributed by atoms with E-state index in [2.05, 4.69) is 9.97 Å². The van der Waals surface area contributed by atoms with Crippen molar-refractivity contribution in [2.45, 2.75) is 45.8 Å². The molecule has 0 bridgehead atoms. The van der Waals surface area contributed by atoms with Gasteiger partial charge in [-0.1, -0.05) is 0 Å². The highest BCUT2D eigenvalue weighted by atomic mass is 16.7. The lowest BCUT2D eigenvalue weighted by Crippen LogP contribution is -2.41. The second-order valence-electron chi connectivity index (χ2n) is 5.64. The highest BCUT2D eigenvalue weighted by Crippen LogP contribution is 2.37. The van der Waals surface area contributed by atoms with Crippen LogP contribution in [0.25, 0.3) is 0 Å². The third kappa shape index (κ3) is 2.60. The monoisotopic (exact) mass is 280 g/mol. The molecular formula is C13H21BN2O4. The van der Waals surface area contributed by atoms with Gasteiger partial charge in [0.25, 0.3) is 0 Å². The molecular weight excluding hydrogens is 259 g/mol. The van der Waals surface area contributed by atoms with Crippen LogP contribution in [0, 0.1) is 0 Å². The Balaban J connectivity index is 2.34. The first-order valence-electron chi connectivity index (χ1n) is 6.70. The molecule has 0 amide bonds. The Hall–Kier alpha value is -1.34. The predicted molar refractivity (Wildman–Crippen MR) is 75.5 cm³/mol. The molecule has 0 atom stereocenters. The zero-order valence-electron chi connectivity index (χ0n) is 12.9. The minimum atomic E-state index is -0.549. The van der Waals surface area contributed by atoms with Crippen molar-refractivity contribution in [3.05, 3.63) is 6.20 Å². The summed E-state index contributed by atoms with van der Waals surface area (Å²) in [6, 6.07) is 0.258. The van der Waals surface area contributed by atoms with E-state index in [1.807, 2.05) is 34.6 Å². The van der Waals surface area contributed by atoms with Gasteiger partial charge < -0.3 is 18.8 Å². The molecule has 0 aliphatic carbocycles. The number of rotatable bonds is 4. The molecule has 1 aromatic heterocycles. The summed E-state index contributed by atoms with van der Waals surface area (Å²) in [5.41, 5.74) is -0.159. The van der Waals surface area contributed by atoms with E-state index < -0.39 is 18.3 Å². The van der Waals surface area contributed by atoms with Gasteiger partial charge in [0, 0.05) is 6.20 Å². The van der Waals surface area contributed by atoms with Gasteiger partial charge >= 0.3 is 13.1 Å². The average Bonchev–Trinajstić information content (AvgIpc) is 2.58. The van der Waals surface area contributed by atoms with Crippen LogP contribution in [-0.4, -0.2) is 42.0 Å². The van der Waals surface area contributed by atoms with E-state index in [0.717, 1.165) is 0 Å². The SMILES string of the molecule is CCOc1nc(OC)ncc1B1OC(C)(C)C(C)(C)O1. The molecule has 1 saturated heterocycles. The summed E-state index contributed by atoms with van der Waals surface area (Å²) in [5, 5.41) is 0. The highest BCUT2D eigenvalue weighted by molar-refractivity contribution is 6.63. The molecule has 1 aromatic rings. The van der Waals surface area contributed by atoms with Gasteiger partial charge in [0.1, 0.15) is 0 Å². The summed E-state index contributed by atoms with van der Waals surface area (Å²) < 4.78 is 22.5. The molecule has 110 valence electrons. The molecule has 0 saturated carbocycles. The minimum absolute atomic E-state index is 0.258. The fourth-order valence-electron chi connectivity index (χ4n) is 1.84. The number of nitrogens with zero attached hydrogens (tertiary/aromatic N) is 2. The Bertz CT molecular complexity index is 477. The van der Waals surface area contributed by atoms with Crippen LogP contribution in [0.1, 0.15) is 34.6 Å². The first-order chi connectivity index (χ1) is 9.30. The second-order valence-corrected chi connectivity index (χ2v) is 5.64. The van der Waals surface area contributed by atoms with Crippen molar-refractivity contribution >= 4 is 12.6 Å². The van der Waals surface area contributed by atoms with Crippen LogP contribution < -0.4 is 14.9 Å². The lowest BCUT2D eigenvalue weighted by molar-refractivity contribution is 0.00578. The van der Waals surface area contributed by atoms with Crippen LogP contribution in [0.5, 0.6) is 11.9 Å². The van der Waals surface area contributed by atoms with Crippen molar-refractivity contribution in [3.63, 3.8) is 0 Å². The molecule has 1 aliphatic rings. The maximum atomic E-state index is 5.99. The van der Waals surface area contributed by atoms with Crippen LogP contribution >= 0.6 is 0 Å². The molecule has 6 nitrogen and oxygen atoms in total. The zero-order chi connectivity index (χ0) is 15.0. The quantitative estimate of drug-likeness (QED) is 0.772. The molecule has 0 aromatic carbocycles. The van der Waals surface area contributed by atoms with Gasteiger partial charge in [-0.05, 0) is 34.6 Å². The van der Waals surface area contributed by atoms with E-state index >= 15 is 0 Å². The average molecular weight is 280 g/mol. The van der Waals surface area contributed by atoms with Crippen LogP contribution in [0.3, 0.4) is 0 Å². The van der Waals surface area contributed by atoms with Crippen molar-refractivity contribution in [2.24, 2.45) is 0 Å². The van der Waals surface area contributed by atoms with Crippen molar-refractivity contribution in [2.75, 3.05) is 13.7 Å². The van der Waals surface area contributed by atoms with E-state index in [0.29, 0.717) is 17.9 Å². The van der Waals surface area contributed by atoms with E-state index in [4.69, 9.17) is 18.8 Å². The number of methoxy groups -OCH3 is 1. The maximum absolute atomic E-state index is 5.99. The summed E-state index contributed by atoms with van der Waals surface area (Å²) in [6.07, 6.45) is 1.62. The van der Waals surface area contributed by atoms with Gasteiger partial charge in [0.15, 0.2) is 0 Å². The molecule has 0 spiro atoms. The van der Waals surface area contributed by atoms with Crippen molar-refractivity contribution < 1.29 is 18.8 Å². The summed E-state index contributed by atoms with van der Waals surface area (Å²) in [6.45, 7) is 10.4. The topological polar surface area (TPSA) is 62.7 Å². The Morgan fingerprint density at radius 2 is 1.80 bits per heavy atom. The Labute approximate surface area is 119 Å². The summed E-state index contributed by atoms with van der Waals surface area (Å²) in [5.74, 6) is 0.429. The van der Waals surface area contributed by atoms with Crippen molar-refractivity contribution in [3.8, 4) is 11.9 Å². The fourth-order valence-corrected chi connectivity index (χ4v) is 1.84. The van der Waals surface area contributed by atoms with Crippen molar-refractivity contribution in [1.82, 2.24) is 9.97 Å². The van der Waals surface area contributed by atoms with Crippen LogP contribution in [0.2, 0.25) is 0 Å². The van der Waals surface area contributed by atoms with Crippen LogP contribution in [0.4, 0.5) is 0 Å². The normalized spacial score (nSPS) is 20.0. The van der Waals surface area contributed by atoms with Crippen LogP contribution in [0.15, 0.2) is 6.20 Å². The second kappa shape index (κ2) is 5.22. The van der Waals surface area contributed by atoms with Crippen LogP contribution in [-0.2, 0) is 9.31 Å². The molecule has 2 heterocycles. The van der Waals surface area contributed by atoms with Gasteiger partial charge in [-0.3, -0.25) is 0 Å². The van der Waals surface area contributed by atoms with E-state index in [9.17, 15) is 0 Å².